The molecule has 1 heterocycles. The lowest BCUT2D eigenvalue weighted by atomic mass is 10.1. The number of hydrogen-bond donors (Lipinski definition) is 1. The van der Waals surface area contributed by atoms with Crippen molar-refractivity contribution in [3.05, 3.63) is 75.0 Å². The summed E-state index contributed by atoms with van der Waals surface area (Å²) in [5.41, 5.74) is -0.453. The summed E-state index contributed by atoms with van der Waals surface area (Å²) in [5.74, 6) is -0.284. The second-order valence-electron chi connectivity index (χ2n) is 5.21. The first kappa shape index (κ1) is 17.6. The molecule has 0 atom stereocenters. The van der Waals surface area contributed by atoms with Crippen LogP contribution in [0.5, 0.6) is 0 Å². The molecule has 1 N–H and O–H groups in total. The van der Waals surface area contributed by atoms with Crippen LogP contribution in [0.25, 0.3) is 5.69 Å². The van der Waals surface area contributed by atoms with Gasteiger partial charge in [-0.25, -0.2) is 4.39 Å². The van der Waals surface area contributed by atoms with Crippen molar-refractivity contribution in [1.82, 2.24) is 14.8 Å². The van der Waals surface area contributed by atoms with Crippen molar-refractivity contribution in [1.29, 1.82) is 0 Å². The number of nitrogens with zero attached hydrogens (tertiary/aromatic N) is 2. The minimum Gasteiger partial charge on any atom is -0.272 e. The van der Waals surface area contributed by atoms with Gasteiger partial charge in [-0.3, -0.25) is 9.67 Å². The average Bonchev–Trinajstić information content (AvgIpc) is 2.91. The molecular formula is C16H10ClF4N3S. The van der Waals surface area contributed by atoms with Crippen LogP contribution in [0.1, 0.15) is 17.0 Å². The highest BCUT2D eigenvalue weighted by Crippen LogP contribution is 2.31. The summed E-state index contributed by atoms with van der Waals surface area (Å²) in [6.07, 6.45) is -4.52. The Kier molecular flexibility index (Phi) is 4.66. The molecule has 0 saturated heterocycles. The Morgan fingerprint density at radius 1 is 1.16 bits per heavy atom. The largest absolute Gasteiger partial charge is 0.416 e. The van der Waals surface area contributed by atoms with Gasteiger partial charge < -0.3 is 0 Å². The molecule has 0 bridgehead atoms. The van der Waals surface area contributed by atoms with Crippen LogP contribution in [0.4, 0.5) is 17.6 Å². The predicted octanol–water partition coefficient (Wildman–Crippen LogP) is 5.33. The minimum absolute atomic E-state index is 0.0328. The molecule has 0 fully saturated rings. The third-order valence-corrected chi connectivity index (χ3v) is 4.20. The molecule has 0 aliphatic heterocycles. The van der Waals surface area contributed by atoms with Gasteiger partial charge in [0.25, 0.3) is 0 Å². The van der Waals surface area contributed by atoms with Crippen molar-refractivity contribution in [2.45, 2.75) is 12.6 Å². The van der Waals surface area contributed by atoms with Crippen molar-refractivity contribution in [2.24, 2.45) is 0 Å². The van der Waals surface area contributed by atoms with E-state index in [0.29, 0.717) is 0 Å². The molecular weight excluding hydrogens is 378 g/mol. The first-order valence-electron chi connectivity index (χ1n) is 7.04. The Labute approximate surface area is 149 Å². The smallest absolute Gasteiger partial charge is 0.272 e. The van der Waals surface area contributed by atoms with Crippen LogP contribution in [-0.2, 0) is 12.6 Å². The number of aromatic nitrogens is 3. The highest BCUT2D eigenvalue weighted by atomic mass is 35.5. The monoisotopic (exact) mass is 387 g/mol. The molecule has 0 unspecified atom stereocenters. The number of nitrogens with one attached hydrogen (secondary N) is 1. The first-order chi connectivity index (χ1) is 11.8. The minimum atomic E-state index is -4.49. The van der Waals surface area contributed by atoms with Crippen molar-refractivity contribution in [2.75, 3.05) is 0 Å². The van der Waals surface area contributed by atoms with Crippen LogP contribution in [0.3, 0.4) is 0 Å². The first-order valence-corrected chi connectivity index (χ1v) is 7.83. The van der Waals surface area contributed by atoms with E-state index in [2.05, 4.69) is 10.2 Å². The average molecular weight is 388 g/mol. The van der Waals surface area contributed by atoms with E-state index in [0.717, 1.165) is 12.1 Å². The fourth-order valence-corrected chi connectivity index (χ4v) is 2.88. The van der Waals surface area contributed by atoms with Crippen molar-refractivity contribution in [3.63, 3.8) is 0 Å². The summed E-state index contributed by atoms with van der Waals surface area (Å²) in [7, 11) is 0. The van der Waals surface area contributed by atoms with E-state index in [4.69, 9.17) is 23.8 Å². The summed E-state index contributed by atoms with van der Waals surface area (Å²) in [4.78, 5) is 0. The van der Waals surface area contributed by atoms with Gasteiger partial charge in [0.15, 0.2) is 4.77 Å². The molecule has 0 spiro atoms. The lowest BCUT2D eigenvalue weighted by molar-refractivity contribution is -0.137. The summed E-state index contributed by atoms with van der Waals surface area (Å²) >= 11 is 11.1. The second-order valence-corrected chi connectivity index (χ2v) is 6.00. The van der Waals surface area contributed by atoms with Crippen LogP contribution in [0.2, 0.25) is 5.02 Å². The zero-order chi connectivity index (χ0) is 18.2. The molecule has 130 valence electrons. The quantitative estimate of drug-likeness (QED) is 0.486. The van der Waals surface area contributed by atoms with Crippen LogP contribution in [0, 0.1) is 10.6 Å². The Bertz CT molecular complexity index is 958. The number of alkyl halides is 3. The highest BCUT2D eigenvalue weighted by molar-refractivity contribution is 7.71. The Hall–Kier alpha value is -2.19. The summed E-state index contributed by atoms with van der Waals surface area (Å²) in [5, 5.41) is 6.72. The third-order valence-electron chi connectivity index (χ3n) is 3.57. The topological polar surface area (TPSA) is 33.6 Å². The fourth-order valence-electron chi connectivity index (χ4n) is 2.40. The molecule has 0 amide bonds. The van der Waals surface area contributed by atoms with Crippen molar-refractivity contribution in [3.8, 4) is 5.69 Å². The van der Waals surface area contributed by atoms with Crippen LogP contribution in [-0.4, -0.2) is 14.8 Å². The van der Waals surface area contributed by atoms with Gasteiger partial charge in [0.1, 0.15) is 11.6 Å². The normalized spacial score (nSPS) is 11.7. The summed E-state index contributed by atoms with van der Waals surface area (Å²) in [6, 6.07) is 8.89. The van der Waals surface area contributed by atoms with Gasteiger partial charge >= 0.3 is 6.18 Å². The standard InChI is InChI=1S/C16H10ClF4N3S/c17-12-5-2-6-13(18)11(12)8-14-22-23-15(25)24(14)10-4-1-3-9(7-10)16(19,20)21/h1-7H,8H2,(H,23,25). The zero-order valence-corrected chi connectivity index (χ0v) is 14.0. The zero-order valence-electron chi connectivity index (χ0n) is 12.4. The highest BCUT2D eigenvalue weighted by Gasteiger charge is 2.30. The molecule has 9 heteroatoms. The lowest BCUT2D eigenvalue weighted by Crippen LogP contribution is -2.08. The van der Waals surface area contributed by atoms with Crippen LogP contribution in [0.15, 0.2) is 42.5 Å². The summed E-state index contributed by atoms with van der Waals surface area (Å²) in [6.45, 7) is 0. The van der Waals surface area contributed by atoms with Gasteiger partial charge in [-0.15, -0.1) is 0 Å². The second kappa shape index (κ2) is 6.61. The number of aromatic amines is 1. The molecule has 1 aromatic heterocycles. The number of hydrogen-bond acceptors (Lipinski definition) is 2. The van der Waals surface area contributed by atoms with Crippen LogP contribution >= 0.6 is 23.8 Å². The fraction of sp³-hybridized carbons (Fsp3) is 0.125. The molecule has 0 radical (unpaired) electrons. The van der Waals surface area contributed by atoms with E-state index in [1.165, 1.54) is 34.9 Å². The molecule has 0 aliphatic rings. The van der Waals surface area contributed by atoms with Gasteiger partial charge in [0, 0.05) is 17.0 Å². The maximum absolute atomic E-state index is 14.0. The Balaban J connectivity index is 2.08. The van der Waals surface area contributed by atoms with Crippen LogP contribution < -0.4 is 0 Å². The van der Waals surface area contributed by atoms with Gasteiger partial charge in [-0.2, -0.15) is 18.3 Å². The van der Waals surface area contributed by atoms with E-state index in [1.54, 1.807) is 0 Å². The van der Waals surface area contributed by atoms with Gasteiger partial charge in [0.2, 0.25) is 0 Å². The number of benzene rings is 2. The number of halogens is 5. The van der Waals surface area contributed by atoms with Crippen molar-refractivity contribution >= 4 is 23.8 Å². The summed E-state index contributed by atoms with van der Waals surface area (Å²) < 4.78 is 54.2. The van der Waals surface area contributed by atoms with Gasteiger partial charge in [-0.1, -0.05) is 23.7 Å². The maximum atomic E-state index is 14.0. The molecule has 0 aliphatic carbocycles. The van der Waals surface area contributed by atoms with Gasteiger partial charge in [0.05, 0.1) is 11.3 Å². The van der Waals surface area contributed by atoms with E-state index in [-0.39, 0.29) is 33.3 Å². The van der Waals surface area contributed by atoms with Crippen molar-refractivity contribution < 1.29 is 17.6 Å². The molecule has 25 heavy (non-hydrogen) atoms. The number of rotatable bonds is 3. The number of H-pyrrole nitrogens is 1. The molecule has 2 aromatic carbocycles. The third kappa shape index (κ3) is 3.59. The van der Waals surface area contributed by atoms with Gasteiger partial charge in [-0.05, 0) is 42.5 Å². The van der Waals surface area contributed by atoms with E-state index >= 15 is 0 Å². The maximum Gasteiger partial charge on any atom is 0.416 e. The lowest BCUT2D eigenvalue weighted by Gasteiger charge is -2.11. The van der Waals surface area contributed by atoms with E-state index in [1.807, 2.05) is 0 Å². The molecule has 3 aromatic rings. The molecule has 3 nitrogen and oxygen atoms in total. The Morgan fingerprint density at radius 3 is 2.56 bits per heavy atom. The van der Waals surface area contributed by atoms with E-state index < -0.39 is 17.6 Å². The van der Waals surface area contributed by atoms with E-state index in [9.17, 15) is 17.6 Å². The predicted molar refractivity (Wildman–Crippen MR) is 88.0 cm³/mol. The molecule has 3 rings (SSSR count). The molecule has 0 saturated carbocycles. The Morgan fingerprint density at radius 2 is 1.88 bits per heavy atom. The SMILES string of the molecule is Fc1cccc(Cl)c1Cc1n[nH]c(=S)n1-c1cccc(C(F)(F)F)c1.